The van der Waals surface area contributed by atoms with E-state index in [1.165, 1.54) is 14.2 Å². The molecule has 25 heavy (non-hydrogen) atoms. The molecule has 8 heteroatoms. The van der Waals surface area contributed by atoms with E-state index in [0.717, 1.165) is 5.56 Å². The molecule has 0 aromatic heterocycles. The number of aliphatic hydroxyl groups excluding tert-OH is 4. The maximum absolute atomic E-state index is 10.1. The highest BCUT2D eigenvalue weighted by Gasteiger charge is 2.45. The minimum Gasteiger partial charge on any atom is -0.496 e. The first-order chi connectivity index (χ1) is 12.0. The van der Waals surface area contributed by atoms with Gasteiger partial charge in [0.25, 0.3) is 0 Å². The van der Waals surface area contributed by atoms with Gasteiger partial charge in [0.1, 0.15) is 30.2 Å². The highest BCUT2D eigenvalue weighted by molar-refractivity contribution is 5.51. The van der Waals surface area contributed by atoms with Crippen molar-refractivity contribution in [1.29, 1.82) is 0 Å². The molecule has 1 aromatic carbocycles. The summed E-state index contributed by atoms with van der Waals surface area (Å²) < 4.78 is 21.6. The molecule has 0 spiro atoms. The topological polar surface area (TPSA) is 118 Å². The van der Waals surface area contributed by atoms with Crippen LogP contribution < -0.4 is 14.2 Å². The monoisotopic (exact) mass is 356 g/mol. The van der Waals surface area contributed by atoms with Gasteiger partial charge in [-0.15, -0.1) is 6.58 Å². The molecule has 2 rings (SSSR count). The molecular formula is C17H24O8. The van der Waals surface area contributed by atoms with Gasteiger partial charge in [-0.1, -0.05) is 6.08 Å². The third kappa shape index (κ3) is 4.05. The van der Waals surface area contributed by atoms with E-state index in [1.807, 2.05) is 0 Å². The van der Waals surface area contributed by atoms with Crippen LogP contribution in [-0.2, 0) is 11.2 Å². The molecule has 0 unspecified atom stereocenters. The van der Waals surface area contributed by atoms with E-state index in [1.54, 1.807) is 18.2 Å². The van der Waals surface area contributed by atoms with Crippen LogP contribution in [0.2, 0.25) is 0 Å². The molecule has 0 bridgehead atoms. The Morgan fingerprint density at radius 1 is 1.04 bits per heavy atom. The molecule has 1 aliphatic rings. The van der Waals surface area contributed by atoms with Gasteiger partial charge in [0.2, 0.25) is 6.29 Å². The van der Waals surface area contributed by atoms with Crippen molar-refractivity contribution in [2.24, 2.45) is 0 Å². The van der Waals surface area contributed by atoms with E-state index >= 15 is 0 Å². The standard InChI is InChI=1S/C17H24O8/c1-4-5-9-6-11(23-3)12(7-10(9)22-2)24-17-16(21)15(20)14(19)13(8-18)25-17/h4,6-7,13-21H,1,5,8H2,2-3H3/t13-,14-,15+,16-,17-/m1/s1. The normalized spacial score (nSPS) is 29.1. The molecule has 0 aliphatic carbocycles. The fourth-order valence-corrected chi connectivity index (χ4v) is 2.63. The van der Waals surface area contributed by atoms with Crippen molar-refractivity contribution in [2.45, 2.75) is 37.1 Å². The second-order valence-corrected chi connectivity index (χ2v) is 5.62. The lowest BCUT2D eigenvalue weighted by atomic mass is 9.99. The first kappa shape index (κ1) is 19.5. The molecule has 0 radical (unpaired) electrons. The average molecular weight is 356 g/mol. The van der Waals surface area contributed by atoms with E-state index in [9.17, 15) is 20.4 Å². The van der Waals surface area contributed by atoms with Crippen molar-refractivity contribution in [3.63, 3.8) is 0 Å². The third-order valence-electron chi connectivity index (χ3n) is 4.02. The first-order valence-corrected chi connectivity index (χ1v) is 7.79. The Morgan fingerprint density at radius 3 is 2.28 bits per heavy atom. The van der Waals surface area contributed by atoms with Gasteiger partial charge in [0.15, 0.2) is 11.5 Å². The Bertz CT molecular complexity index is 588. The Morgan fingerprint density at radius 2 is 1.72 bits per heavy atom. The van der Waals surface area contributed by atoms with Crippen molar-refractivity contribution in [2.75, 3.05) is 20.8 Å². The Labute approximate surface area is 145 Å². The smallest absolute Gasteiger partial charge is 0.229 e. The van der Waals surface area contributed by atoms with Gasteiger partial charge in [-0.25, -0.2) is 0 Å². The summed E-state index contributed by atoms with van der Waals surface area (Å²) in [6.07, 6.45) is -4.58. The zero-order valence-electron chi connectivity index (χ0n) is 14.2. The van der Waals surface area contributed by atoms with Gasteiger partial charge >= 0.3 is 0 Å². The number of benzene rings is 1. The van der Waals surface area contributed by atoms with Gasteiger partial charge in [-0.2, -0.15) is 0 Å². The molecule has 1 aromatic rings. The summed E-state index contributed by atoms with van der Waals surface area (Å²) in [4.78, 5) is 0. The van der Waals surface area contributed by atoms with Gasteiger partial charge in [-0.05, 0) is 12.5 Å². The van der Waals surface area contributed by atoms with Crippen LogP contribution in [0.25, 0.3) is 0 Å². The van der Waals surface area contributed by atoms with Crippen LogP contribution in [0.5, 0.6) is 17.2 Å². The number of hydrogen-bond donors (Lipinski definition) is 4. The molecule has 0 saturated carbocycles. The quantitative estimate of drug-likeness (QED) is 0.488. The van der Waals surface area contributed by atoms with Crippen molar-refractivity contribution in [3.05, 3.63) is 30.4 Å². The zero-order valence-corrected chi connectivity index (χ0v) is 14.2. The highest BCUT2D eigenvalue weighted by Crippen LogP contribution is 2.37. The van der Waals surface area contributed by atoms with Gasteiger partial charge in [-0.3, -0.25) is 0 Å². The number of methoxy groups -OCH3 is 2. The van der Waals surface area contributed by atoms with Crippen LogP contribution in [0.1, 0.15) is 5.56 Å². The molecule has 1 heterocycles. The molecular weight excluding hydrogens is 332 g/mol. The van der Waals surface area contributed by atoms with E-state index in [2.05, 4.69) is 6.58 Å². The summed E-state index contributed by atoms with van der Waals surface area (Å²) >= 11 is 0. The average Bonchev–Trinajstić information content (AvgIpc) is 2.62. The Hall–Kier alpha value is -1.84. The predicted molar refractivity (Wildman–Crippen MR) is 87.8 cm³/mol. The summed E-state index contributed by atoms with van der Waals surface area (Å²) in [7, 11) is 2.96. The molecule has 8 nitrogen and oxygen atoms in total. The fourth-order valence-electron chi connectivity index (χ4n) is 2.63. The molecule has 0 amide bonds. The molecule has 140 valence electrons. The van der Waals surface area contributed by atoms with Gasteiger partial charge in [0.05, 0.1) is 20.8 Å². The van der Waals surface area contributed by atoms with Crippen LogP contribution in [0.15, 0.2) is 24.8 Å². The minimum atomic E-state index is -1.52. The SMILES string of the molecule is C=CCc1cc(OC)c(O[C@@H]2O[C@H](CO)[C@@H](O)[C@H](O)[C@H]2O)cc1OC. The van der Waals surface area contributed by atoms with Crippen molar-refractivity contribution < 1.29 is 39.4 Å². The number of aliphatic hydroxyl groups is 4. The summed E-state index contributed by atoms with van der Waals surface area (Å²) in [6.45, 7) is 3.15. The molecule has 5 atom stereocenters. The Balaban J connectivity index is 2.30. The molecule has 1 fully saturated rings. The lowest BCUT2D eigenvalue weighted by Crippen LogP contribution is -2.60. The van der Waals surface area contributed by atoms with Gasteiger partial charge < -0.3 is 39.4 Å². The Kier molecular flexibility index (Phi) is 6.63. The molecule has 1 aliphatic heterocycles. The molecule has 4 N–H and O–H groups in total. The molecule has 1 saturated heterocycles. The fraction of sp³-hybridized carbons (Fsp3) is 0.529. The number of rotatable bonds is 7. The van der Waals surface area contributed by atoms with E-state index in [4.69, 9.17) is 18.9 Å². The maximum Gasteiger partial charge on any atom is 0.229 e. The second kappa shape index (κ2) is 8.50. The number of ether oxygens (including phenoxy) is 4. The number of hydrogen-bond acceptors (Lipinski definition) is 8. The zero-order chi connectivity index (χ0) is 18.6. The van der Waals surface area contributed by atoms with Crippen LogP contribution in [0.3, 0.4) is 0 Å². The van der Waals surface area contributed by atoms with Gasteiger partial charge in [0, 0.05) is 11.6 Å². The lowest BCUT2D eigenvalue weighted by Gasteiger charge is -2.39. The maximum atomic E-state index is 10.1. The first-order valence-electron chi connectivity index (χ1n) is 7.79. The van der Waals surface area contributed by atoms with E-state index in [-0.39, 0.29) is 5.75 Å². The summed E-state index contributed by atoms with van der Waals surface area (Å²) in [6, 6.07) is 3.28. The summed E-state index contributed by atoms with van der Waals surface area (Å²) in [5.74, 6) is 1.12. The van der Waals surface area contributed by atoms with Crippen LogP contribution in [0, 0.1) is 0 Å². The van der Waals surface area contributed by atoms with Crippen LogP contribution >= 0.6 is 0 Å². The minimum absolute atomic E-state index is 0.219. The van der Waals surface area contributed by atoms with E-state index < -0.39 is 37.3 Å². The third-order valence-corrected chi connectivity index (χ3v) is 4.02. The van der Waals surface area contributed by atoms with Crippen LogP contribution in [0.4, 0.5) is 0 Å². The summed E-state index contributed by atoms with van der Waals surface area (Å²) in [5, 5.41) is 39.0. The number of allylic oxidation sites excluding steroid dienone is 1. The second-order valence-electron chi connectivity index (χ2n) is 5.62. The predicted octanol–water partition coefficient (Wildman–Crippen LogP) is -0.389. The summed E-state index contributed by atoms with van der Waals surface area (Å²) in [5.41, 5.74) is 0.829. The van der Waals surface area contributed by atoms with E-state index in [0.29, 0.717) is 17.9 Å². The van der Waals surface area contributed by atoms with Crippen molar-refractivity contribution >= 4 is 0 Å². The van der Waals surface area contributed by atoms with Crippen LogP contribution in [-0.4, -0.2) is 72.0 Å². The van der Waals surface area contributed by atoms with Crippen molar-refractivity contribution in [3.8, 4) is 17.2 Å². The largest absolute Gasteiger partial charge is 0.496 e. The van der Waals surface area contributed by atoms with Crippen molar-refractivity contribution in [1.82, 2.24) is 0 Å². The highest BCUT2D eigenvalue weighted by atomic mass is 16.7. The lowest BCUT2D eigenvalue weighted by molar-refractivity contribution is -0.277.